The van der Waals surface area contributed by atoms with Crippen molar-refractivity contribution in [1.82, 2.24) is 20.0 Å². The monoisotopic (exact) mass is 369 g/mol. The highest BCUT2D eigenvalue weighted by Crippen LogP contribution is 2.22. The molecule has 1 saturated heterocycles. The maximum Gasteiger partial charge on any atom is 0.319 e. The summed E-state index contributed by atoms with van der Waals surface area (Å²) in [5.41, 5.74) is 1.64. The Labute approximate surface area is 154 Å². The lowest BCUT2D eigenvalue weighted by Gasteiger charge is -2.16. The largest absolute Gasteiger partial charge is 0.487 e. The molecule has 0 radical (unpaired) electrons. The lowest BCUT2D eigenvalue weighted by Crippen LogP contribution is -2.28. The third-order valence-corrected chi connectivity index (χ3v) is 5.01. The predicted molar refractivity (Wildman–Crippen MR) is 102 cm³/mol. The van der Waals surface area contributed by atoms with Gasteiger partial charge in [0.05, 0.1) is 10.9 Å². The molecule has 3 aromatic rings. The first kappa shape index (κ1) is 16.7. The average Bonchev–Trinajstić information content (AvgIpc) is 3.32. The topological polar surface area (TPSA) is 88.2 Å². The number of pyridine rings is 1. The van der Waals surface area contributed by atoms with Crippen molar-refractivity contribution in [3.05, 3.63) is 48.4 Å². The van der Waals surface area contributed by atoms with Crippen molar-refractivity contribution in [2.75, 3.05) is 18.4 Å². The molecule has 4 rings (SSSR count). The van der Waals surface area contributed by atoms with E-state index < -0.39 is 0 Å². The van der Waals surface area contributed by atoms with E-state index in [0.29, 0.717) is 12.3 Å². The van der Waals surface area contributed by atoms with Gasteiger partial charge in [-0.1, -0.05) is 0 Å². The number of anilines is 1. The number of aromatic nitrogens is 2. The first-order valence-corrected chi connectivity index (χ1v) is 9.25. The van der Waals surface area contributed by atoms with Gasteiger partial charge in [0.1, 0.15) is 11.9 Å². The van der Waals surface area contributed by atoms with Gasteiger partial charge in [0.25, 0.3) is 0 Å². The Balaban J connectivity index is 1.36. The van der Waals surface area contributed by atoms with Gasteiger partial charge in [-0.15, -0.1) is 0 Å². The molecule has 26 heavy (non-hydrogen) atoms. The SMILES string of the molecule is O=C(NCc1ccncc1O[C@H]1CCNC1)Nc1ccc2sncc2c1. The smallest absolute Gasteiger partial charge is 0.319 e. The number of nitrogens with zero attached hydrogens (tertiary/aromatic N) is 2. The third-order valence-electron chi connectivity index (χ3n) is 4.23. The van der Waals surface area contributed by atoms with Gasteiger partial charge < -0.3 is 20.7 Å². The van der Waals surface area contributed by atoms with Gasteiger partial charge in [0.15, 0.2) is 0 Å². The van der Waals surface area contributed by atoms with Crippen LogP contribution in [0.1, 0.15) is 12.0 Å². The Morgan fingerprint density at radius 2 is 2.31 bits per heavy atom. The fourth-order valence-electron chi connectivity index (χ4n) is 2.87. The molecule has 0 spiro atoms. The van der Waals surface area contributed by atoms with Crippen molar-refractivity contribution < 1.29 is 9.53 Å². The third kappa shape index (κ3) is 3.92. The normalized spacial score (nSPS) is 16.5. The molecule has 0 aliphatic carbocycles. The summed E-state index contributed by atoms with van der Waals surface area (Å²) in [5, 5.41) is 10.0. The van der Waals surface area contributed by atoms with Crippen LogP contribution in [0.15, 0.2) is 42.9 Å². The molecule has 1 atom stereocenters. The minimum atomic E-state index is -0.266. The van der Waals surface area contributed by atoms with Crippen LogP contribution in [0.4, 0.5) is 10.5 Å². The van der Waals surface area contributed by atoms with Gasteiger partial charge in [-0.2, -0.15) is 4.37 Å². The fraction of sp³-hybridized carbons (Fsp3) is 0.278. The van der Waals surface area contributed by atoms with Crippen LogP contribution >= 0.6 is 11.5 Å². The molecule has 7 nitrogen and oxygen atoms in total. The molecule has 134 valence electrons. The molecule has 1 aliphatic rings. The number of hydrogen-bond acceptors (Lipinski definition) is 6. The van der Waals surface area contributed by atoms with Crippen LogP contribution in [0.3, 0.4) is 0 Å². The molecule has 2 aromatic heterocycles. The van der Waals surface area contributed by atoms with Gasteiger partial charge in [-0.25, -0.2) is 4.79 Å². The zero-order chi connectivity index (χ0) is 17.8. The minimum Gasteiger partial charge on any atom is -0.487 e. The maximum absolute atomic E-state index is 12.2. The zero-order valence-corrected chi connectivity index (χ0v) is 14.9. The van der Waals surface area contributed by atoms with Crippen molar-refractivity contribution >= 4 is 33.3 Å². The summed E-state index contributed by atoms with van der Waals surface area (Å²) in [6.07, 6.45) is 6.32. The molecule has 3 N–H and O–H groups in total. The molecule has 8 heteroatoms. The molecule has 2 amide bonds. The second-order valence-electron chi connectivity index (χ2n) is 6.10. The second-order valence-corrected chi connectivity index (χ2v) is 6.94. The highest BCUT2D eigenvalue weighted by Gasteiger charge is 2.17. The molecule has 0 bridgehead atoms. The van der Waals surface area contributed by atoms with E-state index in [1.807, 2.05) is 24.3 Å². The number of amides is 2. The highest BCUT2D eigenvalue weighted by molar-refractivity contribution is 7.13. The molecular formula is C18H19N5O2S. The first-order chi connectivity index (χ1) is 12.8. The number of nitrogens with one attached hydrogen (secondary N) is 3. The standard InChI is InChI=1S/C18H19N5O2S/c24-18(23-14-1-2-17-13(7-14)9-22-26-17)21-8-12-3-5-20-11-16(12)25-15-4-6-19-10-15/h1-3,5,7,9,11,15,19H,4,6,8,10H2,(H2,21,23,24)/t15-/m0/s1. The van der Waals surface area contributed by atoms with E-state index in [1.54, 1.807) is 18.6 Å². The molecule has 1 aliphatic heterocycles. The van der Waals surface area contributed by atoms with Gasteiger partial charge in [0, 0.05) is 42.1 Å². The number of ether oxygens (including phenoxy) is 1. The number of carbonyl (C=O) groups is 1. The Hall–Kier alpha value is -2.71. The van der Waals surface area contributed by atoms with Crippen LogP contribution in [0.2, 0.25) is 0 Å². The number of urea groups is 1. The number of hydrogen-bond donors (Lipinski definition) is 3. The lowest BCUT2D eigenvalue weighted by molar-refractivity contribution is 0.219. The van der Waals surface area contributed by atoms with E-state index in [4.69, 9.17) is 4.74 Å². The molecule has 0 saturated carbocycles. The predicted octanol–water partition coefficient (Wildman–Crippen LogP) is 2.75. The summed E-state index contributed by atoms with van der Waals surface area (Å²) in [7, 11) is 0. The van der Waals surface area contributed by atoms with E-state index in [2.05, 4.69) is 25.3 Å². The van der Waals surface area contributed by atoms with Gasteiger partial charge in [-0.05, 0) is 48.8 Å². The van der Waals surface area contributed by atoms with Gasteiger partial charge in [-0.3, -0.25) is 4.98 Å². The van der Waals surface area contributed by atoms with Crippen LogP contribution in [0.25, 0.3) is 10.1 Å². The molecule has 1 fully saturated rings. The number of carbonyl (C=O) groups excluding carboxylic acids is 1. The van der Waals surface area contributed by atoms with Crippen molar-refractivity contribution in [3.63, 3.8) is 0 Å². The Kier molecular flexibility index (Phi) is 4.94. The number of rotatable bonds is 5. The van der Waals surface area contributed by atoms with Crippen LogP contribution in [0, 0.1) is 0 Å². The van der Waals surface area contributed by atoms with Crippen molar-refractivity contribution in [2.24, 2.45) is 0 Å². The minimum absolute atomic E-state index is 0.151. The fourth-order valence-corrected chi connectivity index (χ4v) is 3.50. The summed E-state index contributed by atoms with van der Waals surface area (Å²) in [6.45, 7) is 2.17. The summed E-state index contributed by atoms with van der Waals surface area (Å²) in [5.74, 6) is 0.715. The van der Waals surface area contributed by atoms with Gasteiger partial charge in [0.2, 0.25) is 0 Å². The second kappa shape index (κ2) is 7.67. The van der Waals surface area contributed by atoms with E-state index in [0.717, 1.165) is 40.8 Å². The van der Waals surface area contributed by atoms with Crippen molar-refractivity contribution in [1.29, 1.82) is 0 Å². The molecular weight excluding hydrogens is 350 g/mol. The van der Waals surface area contributed by atoms with Crippen molar-refractivity contribution in [2.45, 2.75) is 19.1 Å². The van der Waals surface area contributed by atoms with E-state index in [9.17, 15) is 4.79 Å². The van der Waals surface area contributed by atoms with E-state index in [-0.39, 0.29) is 12.1 Å². The van der Waals surface area contributed by atoms with Crippen LogP contribution in [-0.4, -0.2) is 34.6 Å². The lowest BCUT2D eigenvalue weighted by atomic mass is 10.2. The Morgan fingerprint density at radius 3 is 3.19 bits per heavy atom. The van der Waals surface area contributed by atoms with Crippen molar-refractivity contribution in [3.8, 4) is 5.75 Å². The zero-order valence-electron chi connectivity index (χ0n) is 14.1. The van der Waals surface area contributed by atoms with Crippen LogP contribution < -0.4 is 20.7 Å². The molecule has 3 heterocycles. The van der Waals surface area contributed by atoms with Gasteiger partial charge >= 0.3 is 6.03 Å². The molecule has 1 aromatic carbocycles. The first-order valence-electron chi connectivity index (χ1n) is 8.47. The summed E-state index contributed by atoms with van der Waals surface area (Å²) in [4.78, 5) is 16.3. The number of benzene rings is 1. The summed E-state index contributed by atoms with van der Waals surface area (Å²) < 4.78 is 11.2. The Morgan fingerprint density at radius 1 is 1.35 bits per heavy atom. The molecule has 0 unspecified atom stereocenters. The van der Waals surface area contributed by atoms with E-state index >= 15 is 0 Å². The Bertz CT molecular complexity index is 907. The van der Waals surface area contributed by atoms with Crippen LogP contribution in [0.5, 0.6) is 5.75 Å². The van der Waals surface area contributed by atoms with Crippen LogP contribution in [-0.2, 0) is 6.54 Å². The summed E-state index contributed by atoms with van der Waals surface area (Å²) >= 11 is 1.43. The number of fused-ring (bicyclic) bond motifs is 1. The van der Waals surface area contributed by atoms with E-state index in [1.165, 1.54) is 11.5 Å². The highest BCUT2D eigenvalue weighted by atomic mass is 32.1. The average molecular weight is 369 g/mol. The quantitative estimate of drug-likeness (QED) is 0.644. The maximum atomic E-state index is 12.2. The summed E-state index contributed by atoms with van der Waals surface area (Å²) in [6, 6.07) is 7.33.